The van der Waals surface area contributed by atoms with E-state index in [0.717, 1.165) is 67.2 Å². The fourth-order valence-corrected chi connectivity index (χ4v) is 4.16. The second-order valence-corrected chi connectivity index (χ2v) is 7.79. The first-order chi connectivity index (χ1) is 14.3. The van der Waals surface area contributed by atoms with E-state index in [9.17, 15) is 0 Å². The molecule has 1 N–H and O–H groups in total. The first kappa shape index (κ1) is 22.7. The number of benzene rings is 1. The molecule has 1 aliphatic heterocycles. The highest BCUT2D eigenvalue weighted by Crippen LogP contribution is 2.23. The van der Waals surface area contributed by atoms with Crippen LogP contribution in [0.2, 0.25) is 0 Å². The van der Waals surface area contributed by atoms with Crippen LogP contribution in [0.4, 0.5) is 0 Å². The second kappa shape index (κ2) is 11.4. The first-order valence-corrected chi connectivity index (χ1v) is 10.8. The molecule has 0 saturated carbocycles. The van der Waals surface area contributed by atoms with E-state index in [4.69, 9.17) is 14.5 Å². The van der Waals surface area contributed by atoms with Gasteiger partial charge in [-0.3, -0.25) is 4.90 Å². The lowest BCUT2D eigenvalue weighted by Gasteiger charge is -2.36. The van der Waals surface area contributed by atoms with Crippen LogP contribution in [0.3, 0.4) is 0 Å². The Kier molecular flexibility index (Phi) is 8.64. The van der Waals surface area contributed by atoms with E-state index >= 15 is 0 Å². The van der Waals surface area contributed by atoms with Crippen LogP contribution in [0.25, 0.3) is 10.6 Å². The van der Waals surface area contributed by atoms with Gasteiger partial charge in [-0.25, -0.2) is 9.98 Å². The number of thiazole rings is 1. The Morgan fingerprint density at radius 2 is 1.93 bits per heavy atom. The monoisotopic (exact) mass is 538 g/mol. The first-order valence-electron chi connectivity index (χ1n) is 9.96. The zero-order chi connectivity index (χ0) is 19.9. The summed E-state index contributed by atoms with van der Waals surface area (Å²) in [7, 11) is 0. The van der Waals surface area contributed by atoms with Crippen molar-refractivity contribution in [3.8, 4) is 10.6 Å². The van der Waals surface area contributed by atoms with Gasteiger partial charge in [-0.1, -0.05) is 35.5 Å². The molecular formula is C21H27IN6OS. The van der Waals surface area contributed by atoms with Gasteiger partial charge in [-0.05, 0) is 6.92 Å². The van der Waals surface area contributed by atoms with E-state index in [1.165, 1.54) is 0 Å². The average Bonchev–Trinajstić information content (AvgIpc) is 3.45. The normalized spacial score (nSPS) is 15.1. The van der Waals surface area contributed by atoms with E-state index in [1.54, 1.807) is 17.6 Å². The smallest absolute Gasteiger partial charge is 0.194 e. The lowest BCUT2D eigenvalue weighted by Crippen LogP contribution is -2.52. The van der Waals surface area contributed by atoms with Crippen molar-refractivity contribution in [3.63, 3.8) is 0 Å². The molecule has 3 aromatic rings. The molecule has 3 heterocycles. The topological polar surface area (TPSA) is 69.8 Å². The molecule has 9 heteroatoms. The van der Waals surface area contributed by atoms with Crippen molar-refractivity contribution in [2.75, 3.05) is 32.7 Å². The minimum absolute atomic E-state index is 0. The molecule has 0 aliphatic carbocycles. The van der Waals surface area contributed by atoms with Gasteiger partial charge >= 0.3 is 0 Å². The lowest BCUT2D eigenvalue weighted by molar-refractivity contribution is 0.169. The van der Waals surface area contributed by atoms with E-state index in [1.807, 2.05) is 24.3 Å². The lowest BCUT2D eigenvalue weighted by atomic mass is 10.2. The zero-order valence-electron chi connectivity index (χ0n) is 17.0. The number of halogens is 1. The number of hydrogen-bond acceptors (Lipinski definition) is 6. The number of aliphatic imine (C=N–C) groups is 1. The molecule has 0 amide bonds. The summed E-state index contributed by atoms with van der Waals surface area (Å²) in [5.74, 6) is 0.961. The maximum absolute atomic E-state index is 4.93. The van der Waals surface area contributed by atoms with Crippen LogP contribution in [-0.2, 0) is 13.1 Å². The van der Waals surface area contributed by atoms with Crippen molar-refractivity contribution >= 4 is 41.3 Å². The van der Waals surface area contributed by atoms with Gasteiger partial charge in [0.25, 0.3) is 0 Å². The molecule has 160 valence electrons. The number of aromatic nitrogens is 2. The molecule has 7 nitrogen and oxygen atoms in total. The number of nitrogens with one attached hydrogen (secondary N) is 1. The summed E-state index contributed by atoms with van der Waals surface area (Å²) in [5.41, 5.74) is 3.15. The van der Waals surface area contributed by atoms with Gasteiger partial charge in [0, 0.05) is 56.3 Å². The number of hydrogen-bond donors (Lipinski definition) is 1. The Balaban J connectivity index is 0.00000256. The minimum Gasteiger partial charge on any atom is -0.364 e. The van der Waals surface area contributed by atoms with Gasteiger partial charge in [-0.15, -0.1) is 35.3 Å². The summed E-state index contributed by atoms with van der Waals surface area (Å²) in [6.45, 7) is 8.21. The third-order valence-electron chi connectivity index (χ3n) is 4.85. The summed E-state index contributed by atoms with van der Waals surface area (Å²) < 4.78 is 4.93. The molecule has 0 radical (unpaired) electrons. The molecule has 0 atom stereocenters. The number of piperazine rings is 1. The molecule has 0 spiro atoms. The molecule has 1 aromatic carbocycles. The third kappa shape index (κ3) is 6.02. The quantitative estimate of drug-likeness (QED) is 0.293. The summed E-state index contributed by atoms with van der Waals surface area (Å²) in [5, 5.41) is 10.6. The SMILES string of the molecule is CCNC(=NCc1csc(-c2ccccc2)n1)N1CCN(Cc2ccon2)CC1.I. The molecule has 1 saturated heterocycles. The standard InChI is InChI=1S/C21H26N6OS.HI/c1-2-22-21(27-11-9-26(10-12-27)15-18-8-13-28-25-18)23-14-19-16-29-20(24-19)17-6-4-3-5-7-17;/h3-8,13,16H,2,9-12,14-15H2,1H3,(H,22,23);1H. The molecular weight excluding hydrogens is 511 g/mol. The predicted octanol–water partition coefficient (Wildman–Crippen LogP) is 3.70. The summed E-state index contributed by atoms with van der Waals surface area (Å²) >= 11 is 1.67. The summed E-state index contributed by atoms with van der Waals surface area (Å²) in [6, 6.07) is 12.2. The van der Waals surface area contributed by atoms with Gasteiger partial charge in [0.05, 0.1) is 17.9 Å². The van der Waals surface area contributed by atoms with Crippen LogP contribution < -0.4 is 5.32 Å². The minimum atomic E-state index is 0. The molecule has 0 bridgehead atoms. The molecule has 4 rings (SSSR count). The van der Waals surface area contributed by atoms with Crippen LogP contribution >= 0.6 is 35.3 Å². The fraction of sp³-hybridized carbons (Fsp3) is 0.381. The van der Waals surface area contributed by atoms with Gasteiger partial charge < -0.3 is 14.7 Å². The van der Waals surface area contributed by atoms with Crippen molar-refractivity contribution in [3.05, 3.63) is 59.4 Å². The van der Waals surface area contributed by atoms with Gasteiger partial charge in [0.1, 0.15) is 11.3 Å². The van der Waals surface area contributed by atoms with Crippen molar-refractivity contribution < 1.29 is 4.52 Å². The van der Waals surface area contributed by atoms with E-state index in [2.05, 4.69) is 44.7 Å². The third-order valence-corrected chi connectivity index (χ3v) is 5.79. The average molecular weight is 538 g/mol. The van der Waals surface area contributed by atoms with Crippen LogP contribution in [0.5, 0.6) is 0 Å². The molecule has 30 heavy (non-hydrogen) atoms. The van der Waals surface area contributed by atoms with E-state index in [0.29, 0.717) is 6.54 Å². The van der Waals surface area contributed by atoms with Crippen LogP contribution in [-0.4, -0.2) is 58.6 Å². The zero-order valence-corrected chi connectivity index (χ0v) is 20.2. The Morgan fingerprint density at radius 1 is 1.13 bits per heavy atom. The van der Waals surface area contributed by atoms with E-state index < -0.39 is 0 Å². The maximum Gasteiger partial charge on any atom is 0.194 e. The molecule has 0 unspecified atom stereocenters. The molecule has 1 aliphatic rings. The largest absolute Gasteiger partial charge is 0.364 e. The summed E-state index contributed by atoms with van der Waals surface area (Å²) in [6.07, 6.45) is 1.63. The molecule has 2 aromatic heterocycles. The van der Waals surface area contributed by atoms with Gasteiger partial charge in [0.15, 0.2) is 5.96 Å². The maximum atomic E-state index is 4.93. The van der Waals surface area contributed by atoms with Crippen molar-refractivity contribution in [2.24, 2.45) is 4.99 Å². The highest BCUT2D eigenvalue weighted by molar-refractivity contribution is 14.0. The van der Waals surface area contributed by atoms with Crippen molar-refractivity contribution in [1.29, 1.82) is 0 Å². The highest BCUT2D eigenvalue weighted by Gasteiger charge is 2.20. The Morgan fingerprint density at radius 3 is 2.63 bits per heavy atom. The number of guanidine groups is 1. The number of rotatable bonds is 6. The Labute approximate surface area is 198 Å². The van der Waals surface area contributed by atoms with Gasteiger partial charge in [0.2, 0.25) is 0 Å². The highest BCUT2D eigenvalue weighted by atomic mass is 127. The predicted molar refractivity (Wildman–Crippen MR) is 131 cm³/mol. The Bertz CT molecular complexity index is 907. The van der Waals surface area contributed by atoms with Crippen LogP contribution in [0.1, 0.15) is 18.3 Å². The van der Waals surface area contributed by atoms with Gasteiger partial charge in [-0.2, -0.15) is 0 Å². The molecule has 1 fully saturated rings. The number of nitrogens with zero attached hydrogens (tertiary/aromatic N) is 5. The fourth-order valence-electron chi connectivity index (χ4n) is 3.34. The summed E-state index contributed by atoms with van der Waals surface area (Å²) in [4.78, 5) is 14.3. The van der Waals surface area contributed by atoms with E-state index in [-0.39, 0.29) is 24.0 Å². The van der Waals surface area contributed by atoms with Crippen LogP contribution in [0, 0.1) is 0 Å². The second-order valence-electron chi connectivity index (χ2n) is 6.93. The van der Waals surface area contributed by atoms with Crippen molar-refractivity contribution in [1.82, 2.24) is 25.3 Å². The van der Waals surface area contributed by atoms with Crippen molar-refractivity contribution in [2.45, 2.75) is 20.0 Å². The van der Waals surface area contributed by atoms with Crippen LogP contribution in [0.15, 0.2) is 57.6 Å². The Hall–Kier alpha value is -1.98.